The van der Waals surface area contributed by atoms with E-state index < -0.39 is 16.9 Å². The minimum atomic E-state index is -0.498. The molecule has 1 aliphatic heterocycles. The summed E-state index contributed by atoms with van der Waals surface area (Å²) in [5, 5.41) is 2.42. The van der Waals surface area contributed by atoms with E-state index in [4.69, 9.17) is 10.5 Å². The maximum atomic E-state index is 13.8. The van der Waals surface area contributed by atoms with Crippen LogP contribution in [0.2, 0.25) is 0 Å². The third-order valence-corrected chi connectivity index (χ3v) is 8.67. The molecule has 2 atom stereocenters. The number of ether oxygens (including phenoxy) is 1. The van der Waals surface area contributed by atoms with Gasteiger partial charge in [0.05, 0.1) is 13.1 Å². The second-order valence-corrected chi connectivity index (χ2v) is 10.3. The summed E-state index contributed by atoms with van der Waals surface area (Å²) in [6.07, 6.45) is 3.72. The molecule has 3 amide bonds. The largest absolute Gasteiger partial charge is 0.442 e. The van der Waals surface area contributed by atoms with Crippen molar-refractivity contribution >= 4 is 17.9 Å². The molecule has 4 bridgehead atoms. The second kappa shape index (κ2) is 7.46. The van der Waals surface area contributed by atoms with Crippen LogP contribution < -0.4 is 11.1 Å². The molecule has 8 heteroatoms. The van der Waals surface area contributed by atoms with Crippen LogP contribution in [0.1, 0.15) is 44.1 Å². The van der Waals surface area contributed by atoms with Gasteiger partial charge in [0.15, 0.2) is 0 Å². The first kappa shape index (κ1) is 21.2. The van der Waals surface area contributed by atoms with E-state index in [0.29, 0.717) is 38.3 Å². The van der Waals surface area contributed by atoms with Gasteiger partial charge in [-0.15, -0.1) is 0 Å². The molecule has 3 N–H and O–H groups in total. The van der Waals surface area contributed by atoms with Crippen molar-refractivity contribution in [3.8, 4) is 0 Å². The maximum absolute atomic E-state index is 13.8. The van der Waals surface area contributed by atoms with Gasteiger partial charge in [-0.05, 0) is 67.6 Å². The summed E-state index contributed by atoms with van der Waals surface area (Å²) in [5.41, 5.74) is 5.97. The highest BCUT2D eigenvalue weighted by Crippen LogP contribution is 2.68. The van der Waals surface area contributed by atoms with Crippen molar-refractivity contribution in [3.05, 3.63) is 35.6 Å². The van der Waals surface area contributed by atoms with Gasteiger partial charge in [0.2, 0.25) is 11.8 Å². The molecule has 5 aliphatic rings. The van der Waals surface area contributed by atoms with Gasteiger partial charge in [0.25, 0.3) is 0 Å². The first-order chi connectivity index (χ1) is 15.3. The quantitative estimate of drug-likeness (QED) is 0.729. The summed E-state index contributed by atoms with van der Waals surface area (Å²) in [7, 11) is 1.50. The highest BCUT2D eigenvalue weighted by Gasteiger charge is 2.64. The number of alkyl carbamates (subject to hydrolysis) is 1. The van der Waals surface area contributed by atoms with Gasteiger partial charge in [-0.3, -0.25) is 9.59 Å². The summed E-state index contributed by atoms with van der Waals surface area (Å²) >= 11 is 0. The molecule has 2 unspecified atom stereocenters. The molecular formula is C24H30FN3O4. The van der Waals surface area contributed by atoms with Crippen molar-refractivity contribution < 1.29 is 23.5 Å². The van der Waals surface area contributed by atoms with Gasteiger partial charge in [-0.2, -0.15) is 0 Å². The van der Waals surface area contributed by atoms with Crippen LogP contribution in [0.5, 0.6) is 0 Å². The maximum Gasteiger partial charge on any atom is 0.407 e. The average molecular weight is 444 g/mol. The van der Waals surface area contributed by atoms with Crippen LogP contribution in [0.25, 0.3) is 0 Å². The Morgan fingerprint density at radius 1 is 1.12 bits per heavy atom. The SMILES string of the molecule is CNC(=O)OC1CN(C(=O)C[C@]2(c3ccc(F)cc3)C3CC4CC2C[C@](C(N)=O)(C4)C3)C1. The molecule has 172 valence electrons. The number of amides is 3. The lowest BCUT2D eigenvalue weighted by Crippen LogP contribution is -2.64. The van der Waals surface area contributed by atoms with Gasteiger partial charge >= 0.3 is 6.09 Å². The van der Waals surface area contributed by atoms with E-state index in [1.807, 2.05) is 12.1 Å². The minimum absolute atomic E-state index is 0.0201. The molecule has 0 radical (unpaired) electrons. The standard InChI is InChI=1S/C24H30FN3O4/c1-27-22(31)32-19-12-28(13-19)20(29)11-24(15-2-4-18(25)5-3-15)16-6-14-7-17(24)10-23(8-14,9-16)21(26)30/h2-5,14,16-17,19H,6-13H2,1H3,(H2,26,30)(H,27,31)/t14?,16?,17?,23-,24-. The molecule has 32 heavy (non-hydrogen) atoms. The van der Waals surface area contributed by atoms with Gasteiger partial charge in [0, 0.05) is 24.3 Å². The Balaban J connectivity index is 1.42. The Morgan fingerprint density at radius 3 is 2.31 bits per heavy atom. The Hall–Kier alpha value is -2.64. The number of benzene rings is 1. The number of primary amides is 1. The monoisotopic (exact) mass is 443 g/mol. The topological polar surface area (TPSA) is 102 Å². The van der Waals surface area contributed by atoms with Gasteiger partial charge in [-0.1, -0.05) is 12.1 Å². The van der Waals surface area contributed by atoms with Crippen LogP contribution >= 0.6 is 0 Å². The zero-order valence-electron chi connectivity index (χ0n) is 18.3. The molecule has 4 aliphatic carbocycles. The van der Waals surface area contributed by atoms with E-state index in [0.717, 1.165) is 24.8 Å². The summed E-state index contributed by atoms with van der Waals surface area (Å²) in [4.78, 5) is 39.0. The zero-order chi connectivity index (χ0) is 22.7. The van der Waals surface area contributed by atoms with E-state index in [1.54, 1.807) is 4.90 Å². The van der Waals surface area contributed by atoms with E-state index in [9.17, 15) is 18.8 Å². The summed E-state index contributed by atoms with van der Waals surface area (Å²) < 4.78 is 19.0. The van der Waals surface area contributed by atoms with Crippen molar-refractivity contribution in [2.45, 2.75) is 50.0 Å². The number of hydrogen-bond acceptors (Lipinski definition) is 4. The Kier molecular flexibility index (Phi) is 4.94. The second-order valence-electron chi connectivity index (χ2n) is 10.3. The molecule has 6 rings (SSSR count). The number of hydrogen-bond donors (Lipinski definition) is 2. The fourth-order valence-electron chi connectivity index (χ4n) is 7.31. The number of halogens is 1. The number of nitrogens with zero attached hydrogens (tertiary/aromatic N) is 1. The lowest BCUT2D eigenvalue weighted by atomic mass is 9.39. The van der Waals surface area contributed by atoms with Crippen molar-refractivity contribution in [2.75, 3.05) is 20.1 Å². The highest BCUT2D eigenvalue weighted by molar-refractivity contribution is 5.82. The highest BCUT2D eigenvalue weighted by atomic mass is 19.1. The van der Waals surface area contributed by atoms with E-state index >= 15 is 0 Å². The lowest BCUT2D eigenvalue weighted by Gasteiger charge is -2.65. The van der Waals surface area contributed by atoms with E-state index in [1.165, 1.54) is 19.2 Å². The van der Waals surface area contributed by atoms with Crippen LogP contribution in [-0.2, 0) is 19.7 Å². The third-order valence-electron chi connectivity index (χ3n) is 8.67. The Labute approximate surface area is 186 Å². The average Bonchev–Trinajstić information content (AvgIpc) is 2.72. The first-order valence-electron chi connectivity index (χ1n) is 11.5. The number of likely N-dealkylation sites (tertiary alicyclic amines) is 1. The normalized spacial score (nSPS) is 35.3. The summed E-state index contributed by atoms with van der Waals surface area (Å²) in [5.74, 6) is 0.284. The molecule has 1 saturated heterocycles. The number of carbonyl (C=O) groups is 3. The van der Waals surface area contributed by atoms with Gasteiger partial charge < -0.3 is 20.7 Å². The number of carbonyl (C=O) groups excluding carboxylic acids is 3. The Morgan fingerprint density at radius 2 is 1.75 bits per heavy atom. The molecule has 0 aromatic heterocycles. The summed E-state index contributed by atoms with van der Waals surface area (Å²) in [6.45, 7) is 0.768. The fraction of sp³-hybridized carbons (Fsp3) is 0.625. The van der Waals surface area contributed by atoms with Crippen molar-refractivity contribution in [3.63, 3.8) is 0 Å². The van der Waals surface area contributed by atoms with Crippen LogP contribution in [0, 0.1) is 29.0 Å². The van der Waals surface area contributed by atoms with Crippen LogP contribution in [0.15, 0.2) is 24.3 Å². The number of nitrogens with one attached hydrogen (secondary N) is 1. The van der Waals surface area contributed by atoms with Gasteiger partial charge in [-0.25, -0.2) is 9.18 Å². The van der Waals surface area contributed by atoms with Crippen LogP contribution in [-0.4, -0.2) is 49.0 Å². The lowest BCUT2D eigenvalue weighted by molar-refractivity contribution is -0.162. The van der Waals surface area contributed by atoms with Crippen LogP contribution in [0.3, 0.4) is 0 Å². The van der Waals surface area contributed by atoms with E-state index in [2.05, 4.69) is 5.32 Å². The van der Waals surface area contributed by atoms with Crippen molar-refractivity contribution in [1.29, 1.82) is 0 Å². The van der Waals surface area contributed by atoms with Gasteiger partial charge in [0.1, 0.15) is 11.9 Å². The molecule has 7 nitrogen and oxygen atoms in total. The summed E-state index contributed by atoms with van der Waals surface area (Å²) in [6, 6.07) is 6.56. The first-order valence-corrected chi connectivity index (χ1v) is 11.5. The van der Waals surface area contributed by atoms with Crippen molar-refractivity contribution in [2.24, 2.45) is 28.9 Å². The molecule has 1 aromatic carbocycles. The number of nitrogens with two attached hydrogens (primary N) is 1. The molecule has 5 fully saturated rings. The minimum Gasteiger partial charge on any atom is -0.442 e. The van der Waals surface area contributed by atoms with Crippen molar-refractivity contribution in [1.82, 2.24) is 10.2 Å². The van der Waals surface area contributed by atoms with Crippen LogP contribution in [0.4, 0.5) is 9.18 Å². The predicted octanol–water partition coefficient (Wildman–Crippen LogP) is 2.33. The molecular weight excluding hydrogens is 413 g/mol. The smallest absolute Gasteiger partial charge is 0.407 e. The fourth-order valence-corrected chi connectivity index (χ4v) is 7.31. The number of rotatable bonds is 5. The molecule has 1 aromatic rings. The molecule has 4 saturated carbocycles. The molecule has 1 heterocycles. The Bertz CT molecular complexity index is 927. The predicted molar refractivity (Wildman–Crippen MR) is 114 cm³/mol. The zero-order valence-corrected chi connectivity index (χ0v) is 18.3. The molecule has 0 spiro atoms. The third kappa shape index (κ3) is 3.18. The van der Waals surface area contributed by atoms with E-state index in [-0.39, 0.29) is 35.6 Å².